The smallest absolute Gasteiger partial charge is 0.304 e. The minimum absolute atomic E-state index is 0.0736. The van der Waals surface area contributed by atoms with Gasteiger partial charge in [-0.15, -0.1) is 0 Å². The predicted octanol–water partition coefficient (Wildman–Crippen LogP) is 1.37. The minimum Gasteiger partial charge on any atom is -0.304 e. The Morgan fingerprint density at radius 3 is 2.20 bits per heavy atom. The summed E-state index contributed by atoms with van der Waals surface area (Å²) in [7, 11) is 1.56. The van der Waals surface area contributed by atoms with Crippen LogP contribution in [0.1, 0.15) is 13.8 Å². The molecule has 0 spiro atoms. The average Bonchev–Trinajstić information content (AvgIpc) is 2.09. The number of likely N-dealkylation sites (N-methyl/N-ethyl adjacent to an activating group) is 1. The van der Waals surface area contributed by atoms with Crippen molar-refractivity contribution in [1.29, 1.82) is 5.26 Å². The number of nitrogens with zero attached hydrogens (tertiary/aromatic N) is 2. The van der Waals surface area contributed by atoms with Crippen LogP contribution in [-0.4, -0.2) is 43.3 Å². The Balaban J connectivity index is 4.36. The Labute approximate surface area is 87.9 Å². The Hall–Kier alpha value is -0.800. The quantitative estimate of drug-likeness (QED) is 0.765. The monoisotopic (exact) mass is 223 g/mol. The van der Waals surface area contributed by atoms with E-state index in [2.05, 4.69) is 5.32 Å². The Morgan fingerprint density at radius 1 is 1.40 bits per heavy atom. The van der Waals surface area contributed by atoms with Crippen molar-refractivity contribution in [2.24, 2.45) is 0 Å². The van der Waals surface area contributed by atoms with Gasteiger partial charge in [0.05, 0.1) is 12.6 Å². The number of rotatable bonds is 5. The molecule has 0 saturated heterocycles. The van der Waals surface area contributed by atoms with E-state index in [9.17, 15) is 13.2 Å². The number of halogens is 3. The zero-order valence-electron chi connectivity index (χ0n) is 9.10. The van der Waals surface area contributed by atoms with Gasteiger partial charge in [0.2, 0.25) is 0 Å². The van der Waals surface area contributed by atoms with Gasteiger partial charge in [0.1, 0.15) is 6.04 Å². The van der Waals surface area contributed by atoms with Gasteiger partial charge in [0, 0.05) is 12.6 Å². The van der Waals surface area contributed by atoms with Crippen molar-refractivity contribution in [3.63, 3.8) is 0 Å². The van der Waals surface area contributed by atoms with E-state index in [1.807, 2.05) is 6.07 Å². The highest BCUT2D eigenvalue weighted by Gasteiger charge is 2.32. The normalized spacial score (nSPS) is 14.3. The summed E-state index contributed by atoms with van der Waals surface area (Å²) in [5.41, 5.74) is 0. The highest BCUT2D eigenvalue weighted by atomic mass is 19.4. The van der Waals surface area contributed by atoms with E-state index in [0.717, 1.165) is 0 Å². The zero-order valence-corrected chi connectivity index (χ0v) is 9.10. The van der Waals surface area contributed by atoms with E-state index in [1.165, 1.54) is 4.90 Å². The lowest BCUT2D eigenvalue weighted by molar-refractivity contribution is -0.149. The van der Waals surface area contributed by atoms with Gasteiger partial charge in [-0.05, 0) is 20.9 Å². The molecule has 15 heavy (non-hydrogen) atoms. The Bertz CT molecular complexity index is 220. The van der Waals surface area contributed by atoms with E-state index >= 15 is 0 Å². The van der Waals surface area contributed by atoms with Gasteiger partial charge in [-0.1, -0.05) is 0 Å². The molecule has 1 atom stereocenters. The van der Waals surface area contributed by atoms with Crippen LogP contribution < -0.4 is 5.32 Å². The van der Waals surface area contributed by atoms with E-state index < -0.39 is 18.8 Å². The molecule has 0 amide bonds. The predicted molar refractivity (Wildman–Crippen MR) is 51.2 cm³/mol. The second kappa shape index (κ2) is 5.93. The molecule has 0 fully saturated rings. The van der Waals surface area contributed by atoms with E-state index in [-0.39, 0.29) is 12.6 Å². The van der Waals surface area contributed by atoms with Crippen LogP contribution in [0.15, 0.2) is 0 Å². The summed E-state index contributed by atoms with van der Waals surface area (Å²) in [6.07, 6.45) is -4.22. The van der Waals surface area contributed by atoms with Crippen LogP contribution in [-0.2, 0) is 0 Å². The van der Waals surface area contributed by atoms with Crippen LogP contribution in [0.3, 0.4) is 0 Å². The van der Waals surface area contributed by atoms with Gasteiger partial charge >= 0.3 is 6.18 Å². The minimum atomic E-state index is -4.22. The van der Waals surface area contributed by atoms with Crippen molar-refractivity contribution in [2.75, 3.05) is 20.1 Å². The average molecular weight is 223 g/mol. The number of hydrogen-bond acceptors (Lipinski definition) is 3. The third kappa shape index (κ3) is 6.31. The molecule has 0 bridgehead atoms. The van der Waals surface area contributed by atoms with E-state index in [4.69, 9.17) is 5.26 Å². The molecule has 0 heterocycles. The first-order valence-electron chi connectivity index (χ1n) is 4.68. The standard InChI is InChI=1S/C9H16F3N3/c1-7(2)15(6-9(10,11)12)5-8(4-13)14-3/h7-8,14H,5-6H2,1-3H3. The molecule has 1 N–H and O–H groups in total. The summed E-state index contributed by atoms with van der Waals surface area (Å²) in [6, 6.07) is 1.09. The number of nitriles is 1. The molecular formula is C9H16F3N3. The third-order valence-electron chi connectivity index (χ3n) is 2.03. The third-order valence-corrected chi connectivity index (χ3v) is 2.03. The summed E-state index contributed by atoms with van der Waals surface area (Å²) in [6.45, 7) is 2.44. The zero-order chi connectivity index (χ0) is 12.1. The summed E-state index contributed by atoms with van der Waals surface area (Å²) in [4.78, 5) is 1.23. The summed E-state index contributed by atoms with van der Waals surface area (Å²) >= 11 is 0. The molecule has 0 saturated carbocycles. The van der Waals surface area contributed by atoms with Crippen molar-refractivity contribution >= 4 is 0 Å². The molecule has 3 nitrogen and oxygen atoms in total. The molecule has 0 aromatic heterocycles. The first-order valence-corrected chi connectivity index (χ1v) is 4.68. The first-order chi connectivity index (χ1) is 6.80. The van der Waals surface area contributed by atoms with Crippen LogP contribution >= 0.6 is 0 Å². The van der Waals surface area contributed by atoms with Crippen molar-refractivity contribution < 1.29 is 13.2 Å². The van der Waals surface area contributed by atoms with Crippen molar-refractivity contribution in [3.05, 3.63) is 0 Å². The number of nitrogens with one attached hydrogen (secondary N) is 1. The van der Waals surface area contributed by atoms with Crippen molar-refractivity contribution in [2.45, 2.75) is 32.1 Å². The van der Waals surface area contributed by atoms with Crippen LogP contribution in [0.25, 0.3) is 0 Å². The first kappa shape index (κ1) is 14.2. The molecule has 0 aromatic rings. The molecule has 88 valence electrons. The molecule has 1 unspecified atom stereocenters. The summed E-state index contributed by atoms with van der Waals surface area (Å²) in [5, 5.41) is 11.3. The highest BCUT2D eigenvalue weighted by molar-refractivity contribution is 4.91. The summed E-state index contributed by atoms with van der Waals surface area (Å²) < 4.78 is 36.5. The molecule has 0 rings (SSSR count). The Kier molecular flexibility index (Phi) is 5.61. The van der Waals surface area contributed by atoms with Gasteiger partial charge in [-0.2, -0.15) is 18.4 Å². The van der Waals surface area contributed by atoms with Gasteiger partial charge < -0.3 is 5.32 Å². The van der Waals surface area contributed by atoms with Gasteiger partial charge in [0.15, 0.2) is 0 Å². The molecule has 0 aromatic carbocycles. The second-order valence-electron chi connectivity index (χ2n) is 3.61. The maximum atomic E-state index is 12.2. The van der Waals surface area contributed by atoms with Gasteiger partial charge in [-0.25, -0.2) is 0 Å². The van der Waals surface area contributed by atoms with Crippen LogP contribution in [0.4, 0.5) is 13.2 Å². The second-order valence-corrected chi connectivity index (χ2v) is 3.61. The highest BCUT2D eigenvalue weighted by Crippen LogP contribution is 2.18. The van der Waals surface area contributed by atoms with Crippen LogP contribution in [0.2, 0.25) is 0 Å². The van der Waals surface area contributed by atoms with Crippen molar-refractivity contribution in [1.82, 2.24) is 10.2 Å². The van der Waals surface area contributed by atoms with Crippen molar-refractivity contribution in [3.8, 4) is 6.07 Å². The molecular weight excluding hydrogens is 207 g/mol. The topological polar surface area (TPSA) is 39.1 Å². The number of alkyl halides is 3. The SMILES string of the molecule is CNC(C#N)CN(CC(F)(F)F)C(C)C. The maximum Gasteiger partial charge on any atom is 0.401 e. The van der Waals surface area contributed by atoms with Gasteiger partial charge in [-0.3, -0.25) is 4.90 Å². The van der Waals surface area contributed by atoms with E-state index in [1.54, 1.807) is 20.9 Å². The van der Waals surface area contributed by atoms with Gasteiger partial charge in [0.25, 0.3) is 0 Å². The fourth-order valence-electron chi connectivity index (χ4n) is 1.12. The maximum absolute atomic E-state index is 12.2. The van der Waals surface area contributed by atoms with Crippen LogP contribution in [0, 0.1) is 11.3 Å². The lowest BCUT2D eigenvalue weighted by atomic mass is 10.2. The largest absolute Gasteiger partial charge is 0.401 e. The molecule has 6 heteroatoms. The number of hydrogen-bond donors (Lipinski definition) is 1. The lowest BCUT2D eigenvalue weighted by Crippen LogP contribution is -2.46. The summed E-state index contributed by atoms with van der Waals surface area (Å²) in [5.74, 6) is 0. The molecule has 0 aliphatic carbocycles. The lowest BCUT2D eigenvalue weighted by Gasteiger charge is -2.28. The fraction of sp³-hybridized carbons (Fsp3) is 0.889. The molecule has 0 aliphatic heterocycles. The Morgan fingerprint density at radius 2 is 1.93 bits per heavy atom. The molecule has 0 radical (unpaired) electrons. The fourth-order valence-corrected chi connectivity index (χ4v) is 1.12. The van der Waals surface area contributed by atoms with Crippen LogP contribution in [0.5, 0.6) is 0 Å². The van der Waals surface area contributed by atoms with E-state index in [0.29, 0.717) is 0 Å². The molecule has 0 aliphatic rings.